The summed E-state index contributed by atoms with van der Waals surface area (Å²) >= 11 is 3.71. The summed E-state index contributed by atoms with van der Waals surface area (Å²) < 4.78 is 3.25. The smallest absolute Gasteiger partial charge is 0.0767 e. The first-order chi connectivity index (χ1) is 10.2. The fourth-order valence-corrected chi connectivity index (χ4v) is 3.29. The van der Waals surface area contributed by atoms with Crippen LogP contribution >= 0.6 is 15.9 Å². The number of hydrogen-bond donors (Lipinski definition) is 1. The number of aryl methyl sites for hydroxylation is 2. The number of rotatable bonds is 7. The highest BCUT2D eigenvalue weighted by Crippen LogP contribution is 2.24. The number of benzene rings is 1. The molecule has 0 aliphatic rings. The van der Waals surface area contributed by atoms with Crippen molar-refractivity contribution in [2.24, 2.45) is 0 Å². The Labute approximate surface area is 135 Å². The van der Waals surface area contributed by atoms with Gasteiger partial charge in [0.25, 0.3) is 0 Å². The lowest BCUT2D eigenvalue weighted by Crippen LogP contribution is -2.22. The molecule has 1 N–H and O–H groups in total. The standard InChI is InChI=1S/C17H24BrN3/c1-4-14(13-10-8-7-9-11-13)19-12-16-17(18)15(5-2)20-21(16)6-3/h7-11,14,19H,4-6,12H2,1-3H3. The van der Waals surface area contributed by atoms with Gasteiger partial charge in [-0.3, -0.25) is 4.68 Å². The van der Waals surface area contributed by atoms with Crippen molar-refractivity contribution < 1.29 is 0 Å². The van der Waals surface area contributed by atoms with E-state index < -0.39 is 0 Å². The molecule has 4 heteroatoms. The maximum Gasteiger partial charge on any atom is 0.0767 e. The van der Waals surface area contributed by atoms with Crippen LogP contribution in [0.5, 0.6) is 0 Å². The highest BCUT2D eigenvalue weighted by atomic mass is 79.9. The Morgan fingerprint density at radius 2 is 1.90 bits per heavy atom. The van der Waals surface area contributed by atoms with Gasteiger partial charge < -0.3 is 5.32 Å². The molecule has 1 unspecified atom stereocenters. The quantitative estimate of drug-likeness (QED) is 0.799. The molecule has 2 rings (SSSR count). The average Bonchev–Trinajstić information content (AvgIpc) is 2.84. The fourth-order valence-electron chi connectivity index (χ4n) is 2.59. The van der Waals surface area contributed by atoms with E-state index in [-0.39, 0.29) is 0 Å². The van der Waals surface area contributed by atoms with Crippen LogP contribution in [0.25, 0.3) is 0 Å². The van der Waals surface area contributed by atoms with Crippen molar-refractivity contribution in [3.8, 4) is 0 Å². The minimum Gasteiger partial charge on any atom is -0.304 e. The Morgan fingerprint density at radius 3 is 2.48 bits per heavy atom. The van der Waals surface area contributed by atoms with E-state index in [4.69, 9.17) is 0 Å². The van der Waals surface area contributed by atoms with Gasteiger partial charge in [-0.15, -0.1) is 0 Å². The van der Waals surface area contributed by atoms with E-state index in [0.29, 0.717) is 6.04 Å². The molecule has 0 aliphatic heterocycles. The normalized spacial score (nSPS) is 12.6. The highest BCUT2D eigenvalue weighted by molar-refractivity contribution is 9.10. The van der Waals surface area contributed by atoms with Crippen LogP contribution in [-0.4, -0.2) is 9.78 Å². The summed E-state index contributed by atoms with van der Waals surface area (Å²) in [6, 6.07) is 11.0. The molecule has 3 nitrogen and oxygen atoms in total. The zero-order chi connectivity index (χ0) is 15.2. The lowest BCUT2D eigenvalue weighted by atomic mass is 10.0. The molecule has 0 radical (unpaired) electrons. The molecule has 2 aromatic rings. The third-order valence-electron chi connectivity index (χ3n) is 3.82. The summed E-state index contributed by atoms with van der Waals surface area (Å²) in [7, 11) is 0. The zero-order valence-electron chi connectivity index (χ0n) is 13.1. The summed E-state index contributed by atoms with van der Waals surface area (Å²) in [6.45, 7) is 8.22. The summed E-state index contributed by atoms with van der Waals surface area (Å²) in [5.41, 5.74) is 3.72. The Morgan fingerprint density at radius 1 is 1.19 bits per heavy atom. The van der Waals surface area contributed by atoms with Gasteiger partial charge in [-0.25, -0.2) is 0 Å². The van der Waals surface area contributed by atoms with E-state index in [1.165, 1.54) is 11.3 Å². The van der Waals surface area contributed by atoms with Crippen molar-refractivity contribution in [1.82, 2.24) is 15.1 Å². The Kier molecular flexibility index (Phi) is 6.00. The second kappa shape index (κ2) is 7.76. The average molecular weight is 350 g/mol. The maximum absolute atomic E-state index is 4.65. The van der Waals surface area contributed by atoms with Crippen molar-refractivity contribution in [3.63, 3.8) is 0 Å². The number of nitrogens with one attached hydrogen (secondary N) is 1. The van der Waals surface area contributed by atoms with Crippen LogP contribution in [-0.2, 0) is 19.5 Å². The third kappa shape index (κ3) is 3.74. The molecular formula is C17H24BrN3. The first-order valence-corrected chi connectivity index (χ1v) is 8.52. The van der Waals surface area contributed by atoms with E-state index >= 15 is 0 Å². The molecule has 1 heterocycles. The molecule has 1 aromatic carbocycles. The van der Waals surface area contributed by atoms with Gasteiger partial charge in [-0.1, -0.05) is 44.2 Å². The Hall–Kier alpha value is -1.13. The molecule has 0 bridgehead atoms. The molecule has 114 valence electrons. The van der Waals surface area contributed by atoms with E-state index in [1.54, 1.807) is 0 Å². The van der Waals surface area contributed by atoms with Crippen LogP contribution in [0.3, 0.4) is 0 Å². The van der Waals surface area contributed by atoms with E-state index in [0.717, 1.165) is 36.1 Å². The minimum atomic E-state index is 0.378. The largest absolute Gasteiger partial charge is 0.304 e. The molecule has 0 saturated heterocycles. The molecule has 0 fully saturated rings. The molecule has 0 spiro atoms. The number of aromatic nitrogens is 2. The first-order valence-electron chi connectivity index (χ1n) is 7.73. The number of hydrogen-bond acceptors (Lipinski definition) is 2. The van der Waals surface area contributed by atoms with Gasteiger partial charge in [0.1, 0.15) is 0 Å². The van der Waals surface area contributed by atoms with Crippen LogP contribution in [0.2, 0.25) is 0 Å². The Bertz CT molecular complexity index is 563. The van der Waals surface area contributed by atoms with Crippen LogP contribution in [0.1, 0.15) is 50.2 Å². The van der Waals surface area contributed by atoms with Crippen molar-refractivity contribution in [2.45, 2.75) is 52.7 Å². The van der Waals surface area contributed by atoms with E-state index in [1.807, 2.05) is 0 Å². The second-order valence-corrected chi connectivity index (χ2v) is 5.92. The summed E-state index contributed by atoms with van der Waals surface area (Å²) in [4.78, 5) is 0. The monoisotopic (exact) mass is 349 g/mol. The predicted molar refractivity (Wildman–Crippen MR) is 91.3 cm³/mol. The van der Waals surface area contributed by atoms with Gasteiger partial charge in [-0.2, -0.15) is 5.10 Å². The van der Waals surface area contributed by atoms with Gasteiger partial charge in [0.05, 0.1) is 15.9 Å². The third-order valence-corrected chi connectivity index (χ3v) is 4.74. The summed E-state index contributed by atoms with van der Waals surface area (Å²) in [5.74, 6) is 0. The first kappa shape index (κ1) is 16.2. The minimum absolute atomic E-state index is 0.378. The molecule has 0 saturated carbocycles. The SMILES string of the molecule is CCc1nn(CC)c(CNC(CC)c2ccccc2)c1Br. The summed E-state index contributed by atoms with van der Waals surface area (Å²) in [6.07, 6.45) is 2.03. The van der Waals surface area contributed by atoms with Crippen LogP contribution in [0.4, 0.5) is 0 Å². The van der Waals surface area contributed by atoms with Crippen LogP contribution < -0.4 is 5.32 Å². The van der Waals surface area contributed by atoms with Gasteiger partial charge >= 0.3 is 0 Å². The number of nitrogens with zero attached hydrogens (tertiary/aromatic N) is 2. The zero-order valence-corrected chi connectivity index (χ0v) is 14.7. The van der Waals surface area contributed by atoms with Crippen molar-refractivity contribution in [3.05, 3.63) is 51.8 Å². The van der Waals surface area contributed by atoms with E-state index in [9.17, 15) is 0 Å². The molecule has 0 amide bonds. The fraction of sp³-hybridized carbons (Fsp3) is 0.471. The van der Waals surface area contributed by atoms with Gasteiger partial charge in [0.2, 0.25) is 0 Å². The molecular weight excluding hydrogens is 326 g/mol. The van der Waals surface area contributed by atoms with Crippen molar-refractivity contribution in [2.75, 3.05) is 0 Å². The van der Waals surface area contributed by atoms with Gasteiger partial charge in [0.15, 0.2) is 0 Å². The lowest BCUT2D eigenvalue weighted by Gasteiger charge is -2.18. The van der Waals surface area contributed by atoms with Crippen LogP contribution in [0, 0.1) is 0 Å². The highest BCUT2D eigenvalue weighted by Gasteiger charge is 2.15. The van der Waals surface area contributed by atoms with Gasteiger partial charge in [-0.05, 0) is 41.3 Å². The Balaban J connectivity index is 2.13. The molecule has 1 atom stereocenters. The molecule has 0 aliphatic carbocycles. The summed E-state index contributed by atoms with van der Waals surface area (Å²) in [5, 5.41) is 8.32. The predicted octanol–water partition coefficient (Wildman–Crippen LogP) is 4.47. The van der Waals surface area contributed by atoms with E-state index in [2.05, 4.69) is 82.1 Å². The van der Waals surface area contributed by atoms with Crippen LogP contribution in [0.15, 0.2) is 34.8 Å². The molecule has 21 heavy (non-hydrogen) atoms. The molecule has 1 aromatic heterocycles. The van der Waals surface area contributed by atoms with Crippen molar-refractivity contribution >= 4 is 15.9 Å². The maximum atomic E-state index is 4.65. The topological polar surface area (TPSA) is 29.9 Å². The van der Waals surface area contributed by atoms with Gasteiger partial charge in [0, 0.05) is 19.1 Å². The van der Waals surface area contributed by atoms with Crippen molar-refractivity contribution in [1.29, 1.82) is 0 Å². The lowest BCUT2D eigenvalue weighted by molar-refractivity contribution is 0.493. The second-order valence-electron chi connectivity index (χ2n) is 5.13. The number of halogens is 1.